The third kappa shape index (κ3) is 3.96. The lowest BCUT2D eigenvalue weighted by Gasteiger charge is -2.39. The number of carbonyl (C=O) groups is 2. The number of carbonyl (C=O) groups excluding carboxylic acids is 2. The molecule has 120 valence electrons. The van der Waals surface area contributed by atoms with Crippen LogP contribution in [0.1, 0.15) is 51.4 Å². The average Bonchev–Trinajstić information content (AvgIpc) is 2.55. The molecule has 5 nitrogen and oxygen atoms in total. The normalized spacial score (nSPS) is 25.4. The number of nitrogens with zero attached hydrogens (tertiary/aromatic N) is 1. The molecule has 2 fully saturated rings. The maximum atomic E-state index is 12.6. The molecule has 0 aromatic heterocycles. The van der Waals surface area contributed by atoms with Gasteiger partial charge >= 0.3 is 0 Å². The van der Waals surface area contributed by atoms with Crippen molar-refractivity contribution in [1.82, 2.24) is 10.2 Å². The summed E-state index contributed by atoms with van der Waals surface area (Å²) in [4.78, 5) is 26.3. The van der Waals surface area contributed by atoms with Crippen molar-refractivity contribution in [2.45, 2.75) is 51.4 Å². The SMILES string of the molecule is CNC(=O)C1CCCN(C(=O)CC2(CN)CCCCC2)C1. The molecule has 3 N–H and O–H groups in total. The molecular formula is C16H29N3O2. The Morgan fingerprint density at radius 2 is 1.95 bits per heavy atom. The van der Waals surface area contributed by atoms with E-state index in [0.29, 0.717) is 19.5 Å². The zero-order chi connectivity index (χ0) is 15.3. The number of nitrogens with two attached hydrogens (primary N) is 1. The third-order valence-corrected chi connectivity index (χ3v) is 5.26. The predicted octanol–water partition coefficient (Wildman–Crippen LogP) is 1.27. The van der Waals surface area contributed by atoms with Gasteiger partial charge in [-0.1, -0.05) is 19.3 Å². The first-order chi connectivity index (χ1) is 10.1. The second-order valence-corrected chi connectivity index (χ2v) is 6.73. The molecule has 0 aromatic rings. The number of hydrogen-bond donors (Lipinski definition) is 2. The molecule has 1 aliphatic carbocycles. The van der Waals surface area contributed by atoms with E-state index in [0.717, 1.165) is 32.2 Å². The van der Waals surface area contributed by atoms with Gasteiger partial charge in [-0.2, -0.15) is 0 Å². The van der Waals surface area contributed by atoms with E-state index in [4.69, 9.17) is 5.73 Å². The van der Waals surface area contributed by atoms with Gasteiger partial charge in [0.05, 0.1) is 5.92 Å². The Morgan fingerprint density at radius 1 is 1.24 bits per heavy atom. The fourth-order valence-electron chi connectivity index (χ4n) is 3.81. The van der Waals surface area contributed by atoms with Gasteiger partial charge in [0.15, 0.2) is 0 Å². The zero-order valence-corrected chi connectivity index (χ0v) is 13.2. The van der Waals surface area contributed by atoms with Crippen LogP contribution in [0.4, 0.5) is 0 Å². The van der Waals surface area contributed by atoms with Gasteiger partial charge in [-0.15, -0.1) is 0 Å². The second-order valence-electron chi connectivity index (χ2n) is 6.73. The molecule has 0 radical (unpaired) electrons. The van der Waals surface area contributed by atoms with Crippen LogP contribution < -0.4 is 11.1 Å². The van der Waals surface area contributed by atoms with Crippen LogP contribution in [-0.2, 0) is 9.59 Å². The number of piperidine rings is 1. The summed E-state index contributed by atoms with van der Waals surface area (Å²) in [5.41, 5.74) is 5.99. The Balaban J connectivity index is 1.94. The molecule has 2 rings (SSSR count). The number of amides is 2. The van der Waals surface area contributed by atoms with Gasteiger partial charge in [0.2, 0.25) is 11.8 Å². The minimum Gasteiger partial charge on any atom is -0.359 e. The molecule has 2 amide bonds. The fraction of sp³-hybridized carbons (Fsp3) is 0.875. The highest BCUT2D eigenvalue weighted by Crippen LogP contribution is 2.39. The smallest absolute Gasteiger partial charge is 0.224 e. The van der Waals surface area contributed by atoms with E-state index in [1.165, 1.54) is 19.3 Å². The molecule has 2 aliphatic rings. The van der Waals surface area contributed by atoms with Gasteiger partial charge in [-0.05, 0) is 37.6 Å². The first-order valence-electron chi connectivity index (χ1n) is 8.30. The number of nitrogens with one attached hydrogen (secondary N) is 1. The Hall–Kier alpha value is -1.10. The van der Waals surface area contributed by atoms with Gasteiger partial charge in [0.1, 0.15) is 0 Å². The van der Waals surface area contributed by atoms with Crippen LogP contribution in [0, 0.1) is 11.3 Å². The van der Waals surface area contributed by atoms with E-state index in [1.54, 1.807) is 7.05 Å². The van der Waals surface area contributed by atoms with Crippen molar-refractivity contribution in [1.29, 1.82) is 0 Å². The van der Waals surface area contributed by atoms with Crippen LogP contribution in [0.2, 0.25) is 0 Å². The summed E-state index contributed by atoms with van der Waals surface area (Å²) in [5.74, 6) is 0.197. The molecule has 1 saturated heterocycles. The average molecular weight is 295 g/mol. The maximum Gasteiger partial charge on any atom is 0.224 e. The minimum absolute atomic E-state index is 0.00922. The summed E-state index contributed by atoms with van der Waals surface area (Å²) in [6.45, 7) is 1.96. The first kappa shape index (κ1) is 16.3. The van der Waals surface area contributed by atoms with E-state index < -0.39 is 0 Å². The van der Waals surface area contributed by atoms with Gasteiger partial charge in [-0.3, -0.25) is 9.59 Å². The lowest BCUT2D eigenvalue weighted by Crippen LogP contribution is -2.47. The van der Waals surface area contributed by atoms with Crippen molar-refractivity contribution in [2.75, 3.05) is 26.7 Å². The molecule has 21 heavy (non-hydrogen) atoms. The van der Waals surface area contributed by atoms with Crippen LogP contribution in [-0.4, -0.2) is 43.4 Å². The van der Waals surface area contributed by atoms with Crippen molar-refractivity contribution in [2.24, 2.45) is 17.1 Å². The van der Waals surface area contributed by atoms with Crippen LogP contribution in [0.15, 0.2) is 0 Å². The van der Waals surface area contributed by atoms with E-state index in [1.807, 2.05) is 4.90 Å². The summed E-state index contributed by atoms with van der Waals surface area (Å²) in [6, 6.07) is 0. The number of likely N-dealkylation sites (tertiary alicyclic amines) is 1. The summed E-state index contributed by atoms with van der Waals surface area (Å²) >= 11 is 0. The Morgan fingerprint density at radius 3 is 2.57 bits per heavy atom. The highest BCUT2D eigenvalue weighted by atomic mass is 16.2. The maximum absolute atomic E-state index is 12.6. The standard InChI is InChI=1S/C16H29N3O2/c1-18-15(21)13-6-5-9-19(11-13)14(20)10-16(12-17)7-3-2-4-8-16/h13H,2-12,17H2,1H3,(H,18,21). The predicted molar refractivity (Wildman–Crippen MR) is 82.6 cm³/mol. The molecular weight excluding hydrogens is 266 g/mol. The first-order valence-corrected chi connectivity index (χ1v) is 8.30. The molecule has 1 heterocycles. The summed E-state index contributed by atoms with van der Waals surface area (Å²) in [6.07, 6.45) is 8.13. The van der Waals surface area contributed by atoms with Gasteiger partial charge < -0.3 is 16.0 Å². The zero-order valence-electron chi connectivity index (χ0n) is 13.2. The number of hydrogen-bond acceptors (Lipinski definition) is 3. The molecule has 1 saturated carbocycles. The second kappa shape index (κ2) is 7.25. The molecule has 1 atom stereocenters. The van der Waals surface area contributed by atoms with E-state index >= 15 is 0 Å². The van der Waals surface area contributed by atoms with Crippen LogP contribution in [0.3, 0.4) is 0 Å². The largest absolute Gasteiger partial charge is 0.359 e. The van der Waals surface area contributed by atoms with Gasteiger partial charge in [0.25, 0.3) is 0 Å². The van der Waals surface area contributed by atoms with E-state index in [-0.39, 0.29) is 23.1 Å². The third-order valence-electron chi connectivity index (χ3n) is 5.26. The topological polar surface area (TPSA) is 75.4 Å². The van der Waals surface area contributed by atoms with Gasteiger partial charge in [0, 0.05) is 26.6 Å². The van der Waals surface area contributed by atoms with Crippen molar-refractivity contribution in [3.05, 3.63) is 0 Å². The quantitative estimate of drug-likeness (QED) is 0.820. The Labute approximate surface area is 127 Å². The van der Waals surface area contributed by atoms with Crippen LogP contribution in [0.25, 0.3) is 0 Å². The Bertz CT molecular complexity index is 378. The minimum atomic E-state index is -0.0483. The van der Waals surface area contributed by atoms with E-state index in [2.05, 4.69) is 5.32 Å². The molecule has 0 spiro atoms. The highest BCUT2D eigenvalue weighted by Gasteiger charge is 2.36. The number of rotatable bonds is 4. The van der Waals surface area contributed by atoms with Crippen molar-refractivity contribution >= 4 is 11.8 Å². The fourth-order valence-corrected chi connectivity index (χ4v) is 3.81. The van der Waals surface area contributed by atoms with Crippen LogP contribution in [0.5, 0.6) is 0 Å². The highest BCUT2D eigenvalue weighted by molar-refractivity contribution is 5.81. The summed E-state index contributed by atoms with van der Waals surface area (Å²) in [7, 11) is 1.66. The molecule has 0 bridgehead atoms. The summed E-state index contributed by atoms with van der Waals surface area (Å²) in [5, 5.41) is 2.70. The molecule has 1 unspecified atom stereocenters. The van der Waals surface area contributed by atoms with Gasteiger partial charge in [-0.25, -0.2) is 0 Å². The molecule has 0 aromatic carbocycles. The monoisotopic (exact) mass is 295 g/mol. The lowest BCUT2D eigenvalue weighted by atomic mass is 9.71. The van der Waals surface area contributed by atoms with Crippen molar-refractivity contribution in [3.8, 4) is 0 Å². The van der Waals surface area contributed by atoms with Crippen LogP contribution >= 0.6 is 0 Å². The molecule has 1 aliphatic heterocycles. The van der Waals surface area contributed by atoms with Crippen molar-refractivity contribution in [3.63, 3.8) is 0 Å². The van der Waals surface area contributed by atoms with Crippen molar-refractivity contribution < 1.29 is 9.59 Å². The lowest BCUT2D eigenvalue weighted by molar-refractivity contribution is -0.138. The van der Waals surface area contributed by atoms with E-state index in [9.17, 15) is 9.59 Å². The molecule has 5 heteroatoms. The summed E-state index contributed by atoms with van der Waals surface area (Å²) < 4.78 is 0. The Kier molecular flexibility index (Phi) is 5.62.